The molecule has 1 amide bonds. The number of amides is 1. The van der Waals surface area contributed by atoms with Crippen LogP contribution in [0.25, 0.3) is 22.6 Å². The van der Waals surface area contributed by atoms with Gasteiger partial charge in [0.25, 0.3) is 0 Å². The smallest absolute Gasteiger partial charge is 0.317 e. The number of nitrogens with zero attached hydrogens (tertiary/aromatic N) is 4. The van der Waals surface area contributed by atoms with Crippen molar-refractivity contribution in [2.24, 2.45) is 5.41 Å². The molecule has 1 fully saturated rings. The summed E-state index contributed by atoms with van der Waals surface area (Å²) in [6.07, 6.45) is 3.90. The number of ether oxygens (including phenoxy) is 4. The number of carbonyl (C=O) groups excluding carboxylic acids is 1. The Bertz CT molecular complexity index is 1410. The zero-order valence-corrected chi connectivity index (χ0v) is 21.4. The van der Waals surface area contributed by atoms with E-state index in [0.717, 1.165) is 0 Å². The number of nitrogens with one attached hydrogen (secondary N) is 2. The molecule has 0 radical (unpaired) electrons. The third-order valence-electron chi connectivity index (χ3n) is 6.05. The number of halogens is 1. The molecule has 1 aliphatic rings. The largest absolute Gasteiger partial charge is 0.461 e. The highest BCUT2D eigenvalue weighted by atomic mass is 19.1. The fourth-order valence-corrected chi connectivity index (χ4v) is 3.89. The lowest BCUT2D eigenvalue weighted by molar-refractivity contribution is -0.229. The number of pyridine rings is 1. The van der Waals surface area contributed by atoms with Gasteiger partial charge in [-0.1, -0.05) is 0 Å². The maximum atomic E-state index is 13.6. The molecule has 0 spiro atoms. The molecule has 11 nitrogen and oxygen atoms in total. The third kappa shape index (κ3) is 6.08. The Hall–Kier alpha value is -4.26. The van der Waals surface area contributed by atoms with Gasteiger partial charge >= 0.3 is 6.01 Å². The van der Waals surface area contributed by atoms with E-state index in [2.05, 4.69) is 25.3 Å². The number of aromatic nitrogens is 5. The van der Waals surface area contributed by atoms with Gasteiger partial charge in [0.2, 0.25) is 12.2 Å². The number of aromatic amines is 1. The van der Waals surface area contributed by atoms with Crippen molar-refractivity contribution in [3.63, 3.8) is 0 Å². The van der Waals surface area contributed by atoms with E-state index in [9.17, 15) is 9.18 Å². The monoisotopic (exact) mass is 534 g/mol. The van der Waals surface area contributed by atoms with Gasteiger partial charge in [-0.05, 0) is 49.4 Å². The molecule has 202 valence electrons. The molecule has 39 heavy (non-hydrogen) atoms. The summed E-state index contributed by atoms with van der Waals surface area (Å²) in [5.74, 6) is -0.239. The number of imidazole rings is 1. The van der Waals surface area contributed by atoms with Crippen LogP contribution in [-0.2, 0) is 19.0 Å². The van der Waals surface area contributed by atoms with Gasteiger partial charge in [0.15, 0.2) is 5.82 Å². The van der Waals surface area contributed by atoms with Crippen molar-refractivity contribution < 1.29 is 28.1 Å². The lowest BCUT2D eigenvalue weighted by Gasteiger charge is -2.35. The van der Waals surface area contributed by atoms with Crippen LogP contribution in [0.5, 0.6) is 6.01 Å². The van der Waals surface area contributed by atoms with Crippen LogP contribution in [0.3, 0.4) is 0 Å². The first-order valence-corrected chi connectivity index (χ1v) is 12.2. The molecule has 2 N–H and O–H groups in total. The second-order valence-corrected chi connectivity index (χ2v) is 9.13. The number of H-pyrrole nitrogens is 1. The van der Waals surface area contributed by atoms with E-state index in [0.29, 0.717) is 40.8 Å². The van der Waals surface area contributed by atoms with E-state index < -0.39 is 11.7 Å². The van der Waals surface area contributed by atoms with E-state index in [-0.39, 0.29) is 37.6 Å². The van der Waals surface area contributed by atoms with Crippen LogP contribution in [0.15, 0.2) is 61.1 Å². The van der Waals surface area contributed by atoms with Crippen LogP contribution >= 0.6 is 0 Å². The normalized spacial score (nSPS) is 19.0. The van der Waals surface area contributed by atoms with Crippen molar-refractivity contribution in [1.82, 2.24) is 24.9 Å². The second kappa shape index (κ2) is 11.6. The average molecular weight is 535 g/mol. The highest BCUT2D eigenvalue weighted by Gasteiger charge is 2.41. The third-order valence-corrected chi connectivity index (χ3v) is 6.05. The first-order valence-electron chi connectivity index (χ1n) is 12.2. The number of methoxy groups -OCH3 is 1. The Morgan fingerprint density at radius 1 is 1.13 bits per heavy atom. The molecule has 3 aromatic heterocycles. The number of benzene rings is 1. The number of rotatable bonds is 9. The molecule has 0 aliphatic carbocycles. The highest BCUT2D eigenvalue weighted by molar-refractivity contribution is 5.95. The maximum absolute atomic E-state index is 13.6. The van der Waals surface area contributed by atoms with Gasteiger partial charge < -0.3 is 29.2 Å². The molecule has 0 bridgehead atoms. The fourth-order valence-electron chi connectivity index (χ4n) is 3.89. The Labute approximate surface area is 223 Å². The highest BCUT2D eigenvalue weighted by Crippen LogP contribution is 2.36. The molecule has 12 heteroatoms. The van der Waals surface area contributed by atoms with Gasteiger partial charge in [0.05, 0.1) is 54.2 Å². The van der Waals surface area contributed by atoms with E-state index in [1.807, 2.05) is 0 Å². The number of anilines is 1. The maximum Gasteiger partial charge on any atom is 0.317 e. The van der Waals surface area contributed by atoms with Gasteiger partial charge in [0, 0.05) is 25.1 Å². The Morgan fingerprint density at radius 2 is 1.92 bits per heavy atom. The second-order valence-electron chi connectivity index (χ2n) is 9.13. The predicted octanol–water partition coefficient (Wildman–Crippen LogP) is 3.78. The van der Waals surface area contributed by atoms with Gasteiger partial charge in [-0.15, -0.1) is 0 Å². The molecule has 0 unspecified atom stereocenters. The molecule has 1 aliphatic heterocycles. The predicted molar refractivity (Wildman–Crippen MR) is 138 cm³/mol. The molecule has 0 saturated carbocycles. The van der Waals surface area contributed by atoms with Crippen molar-refractivity contribution in [3.8, 4) is 28.7 Å². The summed E-state index contributed by atoms with van der Waals surface area (Å²) < 4.78 is 36.1. The first-order chi connectivity index (χ1) is 18.9. The Balaban J connectivity index is 1.38. The minimum absolute atomic E-state index is 0.0939. The van der Waals surface area contributed by atoms with Gasteiger partial charge in [-0.25, -0.2) is 14.4 Å². The Morgan fingerprint density at radius 3 is 2.64 bits per heavy atom. The summed E-state index contributed by atoms with van der Waals surface area (Å²) in [5, 5.41) is 2.84. The molecule has 4 aromatic rings. The summed E-state index contributed by atoms with van der Waals surface area (Å²) in [6.45, 7) is 2.62. The van der Waals surface area contributed by atoms with Crippen LogP contribution in [0, 0.1) is 11.2 Å². The van der Waals surface area contributed by atoms with E-state index in [1.165, 1.54) is 12.1 Å². The minimum atomic E-state index is -0.928. The van der Waals surface area contributed by atoms with Crippen LogP contribution in [-0.4, -0.2) is 64.4 Å². The zero-order chi connectivity index (χ0) is 27.2. The summed E-state index contributed by atoms with van der Waals surface area (Å²) >= 11 is 0. The molecule has 4 heterocycles. The van der Waals surface area contributed by atoms with Crippen molar-refractivity contribution in [2.45, 2.75) is 13.2 Å². The van der Waals surface area contributed by atoms with Crippen LogP contribution in [0.1, 0.15) is 19.0 Å². The van der Waals surface area contributed by atoms with Crippen LogP contribution in [0.2, 0.25) is 0 Å². The number of carbonyl (C=O) groups is 1. The van der Waals surface area contributed by atoms with E-state index in [4.69, 9.17) is 23.9 Å². The lowest BCUT2D eigenvalue weighted by atomic mass is 9.91. The quantitative estimate of drug-likeness (QED) is 0.308. The summed E-state index contributed by atoms with van der Waals surface area (Å²) in [7, 11) is 1.58. The zero-order valence-electron chi connectivity index (χ0n) is 21.4. The summed E-state index contributed by atoms with van der Waals surface area (Å²) in [5.41, 5.74) is 1.88. The minimum Gasteiger partial charge on any atom is -0.461 e. The number of hydrogen-bond acceptors (Lipinski definition) is 9. The molecule has 1 aromatic carbocycles. The van der Waals surface area contributed by atoms with Crippen LogP contribution in [0.4, 0.5) is 10.1 Å². The topological polar surface area (TPSA) is 133 Å². The van der Waals surface area contributed by atoms with Gasteiger partial charge in [0.1, 0.15) is 12.4 Å². The average Bonchev–Trinajstić information content (AvgIpc) is 3.40. The summed E-state index contributed by atoms with van der Waals surface area (Å²) in [4.78, 5) is 33.5. The summed E-state index contributed by atoms with van der Waals surface area (Å²) in [6, 6.07) is 11.3. The van der Waals surface area contributed by atoms with Gasteiger partial charge in [-0.2, -0.15) is 4.98 Å². The van der Waals surface area contributed by atoms with E-state index >= 15 is 0 Å². The van der Waals surface area contributed by atoms with Crippen molar-refractivity contribution in [1.29, 1.82) is 0 Å². The first kappa shape index (κ1) is 26.4. The molecular formula is C27H27FN6O5. The van der Waals surface area contributed by atoms with Crippen molar-refractivity contribution in [3.05, 3.63) is 72.7 Å². The lowest BCUT2D eigenvalue weighted by Crippen LogP contribution is -2.45. The van der Waals surface area contributed by atoms with E-state index in [1.54, 1.807) is 63.0 Å². The Kier molecular flexibility index (Phi) is 7.87. The number of hydrogen-bond donors (Lipinski definition) is 2. The van der Waals surface area contributed by atoms with Gasteiger partial charge in [-0.3, -0.25) is 9.78 Å². The molecule has 0 atom stereocenters. The molecular weight excluding hydrogens is 507 g/mol. The fraction of sp³-hybridized carbons (Fsp3) is 0.296. The standard InChI is InChI=1S/C27H27FN6O5/c1-27(25(35)31-19-4-3-10-29-14-19)15-38-24(39-16-27)23-33-21(17-5-7-18(28)8-6-17)22(34-23)20-9-11-30-26(32-20)37-13-12-36-2/h3-11,14,24H,12-13,15-16H2,1-2H3,(H,31,35)(H,33,34). The molecule has 5 rings (SSSR count). The SMILES string of the molecule is COCCOc1nccc(-c2[nH]c(C3OCC(C)(C(=O)Nc4cccnc4)CO3)nc2-c2ccc(F)cc2)n1. The molecule has 1 saturated heterocycles. The van der Waals surface area contributed by atoms with Crippen LogP contribution < -0.4 is 10.1 Å². The van der Waals surface area contributed by atoms with Crippen molar-refractivity contribution >= 4 is 11.6 Å². The van der Waals surface area contributed by atoms with Crippen molar-refractivity contribution in [2.75, 3.05) is 38.9 Å².